The van der Waals surface area contributed by atoms with Gasteiger partial charge in [0.25, 0.3) is 5.91 Å². The van der Waals surface area contributed by atoms with E-state index in [1.165, 1.54) is 28.6 Å². The van der Waals surface area contributed by atoms with Crippen molar-refractivity contribution >= 4 is 26.8 Å². The molecule has 184 valence electrons. The number of amides is 1. The number of methoxy groups -OCH3 is 1. The number of benzene rings is 2. The molecule has 0 spiro atoms. The van der Waals surface area contributed by atoms with Crippen LogP contribution in [0.1, 0.15) is 34.8 Å². The number of fused-ring (bicyclic) bond motifs is 1. The number of ether oxygens (including phenoxy) is 2. The number of rotatable bonds is 7. The van der Waals surface area contributed by atoms with Gasteiger partial charge in [0.15, 0.2) is 0 Å². The summed E-state index contributed by atoms with van der Waals surface area (Å²) in [7, 11) is -2.17. The molecule has 5 rings (SSSR count). The summed E-state index contributed by atoms with van der Waals surface area (Å²) in [5.74, 6) is 0.608. The van der Waals surface area contributed by atoms with Crippen LogP contribution in [0.25, 0.3) is 10.9 Å². The van der Waals surface area contributed by atoms with Crippen LogP contribution in [0.2, 0.25) is 0 Å². The number of aromatic nitrogens is 1. The van der Waals surface area contributed by atoms with Crippen LogP contribution in [-0.4, -0.2) is 57.0 Å². The van der Waals surface area contributed by atoms with Crippen molar-refractivity contribution in [2.45, 2.75) is 23.8 Å². The Labute approximate surface area is 203 Å². The molecule has 35 heavy (non-hydrogen) atoms. The predicted molar refractivity (Wildman–Crippen MR) is 130 cm³/mol. The number of H-pyrrole nitrogens is 1. The fourth-order valence-corrected chi connectivity index (χ4v) is 5.89. The third-order valence-electron chi connectivity index (χ3n) is 6.52. The molecule has 0 radical (unpaired) electrons. The van der Waals surface area contributed by atoms with Crippen molar-refractivity contribution in [3.05, 3.63) is 70.0 Å². The first-order chi connectivity index (χ1) is 16.9. The van der Waals surface area contributed by atoms with Gasteiger partial charge < -0.3 is 19.8 Å². The second kappa shape index (κ2) is 9.44. The predicted octanol–water partition coefficient (Wildman–Crippen LogP) is 2.44. The third kappa shape index (κ3) is 4.82. The van der Waals surface area contributed by atoms with E-state index in [0.717, 1.165) is 24.2 Å². The normalized spacial score (nSPS) is 17.7. The fourth-order valence-electron chi connectivity index (χ4n) is 4.45. The highest BCUT2D eigenvalue weighted by molar-refractivity contribution is 7.89. The highest BCUT2D eigenvalue weighted by Gasteiger charge is 2.34. The molecule has 2 heterocycles. The lowest BCUT2D eigenvalue weighted by Crippen LogP contribution is -2.40. The number of hydrogen-bond acceptors (Lipinski definition) is 6. The van der Waals surface area contributed by atoms with Crippen LogP contribution < -0.4 is 15.6 Å². The molecular formula is C25H27N3O6S. The van der Waals surface area contributed by atoms with Crippen LogP contribution in [-0.2, 0) is 14.8 Å². The highest BCUT2D eigenvalue weighted by atomic mass is 32.2. The maximum absolute atomic E-state index is 13.4. The lowest BCUT2D eigenvalue weighted by molar-refractivity contribution is 0.0730. The largest absolute Gasteiger partial charge is 0.497 e. The molecule has 1 aliphatic carbocycles. The summed E-state index contributed by atoms with van der Waals surface area (Å²) in [6, 6.07) is 13.0. The molecule has 2 fully saturated rings. The van der Waals surface area contributed by atoms with Crippen LogP contribution in [0.5, 0.6) is 5.75 Å². The molecule has 1 unspecified atom stereocenters. The number of morpholine rings is 1. The van der Waals surface area contributed by atoms with Crippen molar-refractivity contribution in [2.75, 3.05) is 33.4 Å². The molecule has 1 atom stereocenters. The van der Waals surface area contributed by atoms with Crippen LogP contribution in [0.3, 0.4) is 0 Å². The zero-order chi connectivity index (χ0) is 24.6. The molecule has 1 amide bonds. The van der Waals surface area contributed by atoms with Gasteiger partial charge in [0.2, 0.25) is 15.6 Å². The number of aromatic amines is 1. The fraction of sp³-hybridized carbons (Fsp3) is 0.360. The smallest absolute Gasteiger partial charge is 0.252 e. The minimum Gasteiger partial charge on any atom is -0.497 e. The van der Waals surface area contributed by atoms with Crippen molar-refractivity contribution in [2.24, 2.45) is 5.92 Å². The number of carbonyl (C=O) groups is 1. The van der Waals surface area contributed by atoms with Gasteiger partial charge >= 0.3 is 0 Å². The van der Waals surface area contributed by atoms with Crippen LogP contribution >= 0.6 is 0 Å². The minimum absolute atomic E-state index is 0.0712. The van der Waals surface area contributed by atoms with E-state index in [0.29, 0.717) is 30.0 Å². The van der Waals surface area contributed by atoms with Crippen molar-refractivity contribution in [1.29, 1.82) is 0 Å². The number of nitrogens with zero attached hydrogens (tertiary/aromatic N) is 1. The van der Waals surface area contributed by atoms with E-state index in [1.807, 2.05) is 24.3 Å². The van der Waals surface area contributed by atoms with E-state index < -0.39 is 21.5 Å². The molecule has 1 aromatic heterocycles. The Balaban J connectivity index is 1.50. The molecule has 1 saturated heterocycles. The van der Waals surface area contributed by atoms with Crippen LogP contribution in [0.15, 0.2) is 58.2 Å². The van der Waals surface area contributed by atoms with Crippen molar-refractivity contribution < 1.29 is 22.7 Å². The van der Waals surface area contributed by atoms with Gasteiger partial charge in [-0.05, 0) is 54.7 Å². The Morgan fingerprint density at radius 1 is 1.11 bits per heavy atom. The van der Waals surface area contributed by atoms with E-state index in [2.05, 4.69) is 10.3 Å². The summed E-state index contributed by atoms with van der Waals surface area (Å²) >= 11 is 0. The SMILES string of the molecule is COc1ccc(C(NC(=O)c2cc(=O)[nH]c3ccc(S(=O)(=O)N4CCOCC4)cc23)C2CC2)cc1. The second-order valence-corrected chi connectivity index (χ2v) is 10.8. The van der Waals surface area contributed by atoms with Crippen molar-refractivity contribution in [1.82, 2.24) is 14.6 Å². The second-order valence-electron chi connectivity index (χ2n) is 8.83. The quantitative estimate of drug-likeness (QED) is 0.518. The molecule has 2 aliphatic rings. The molecule has 3 aromatic rings. The first-order valence-electron chi connectivity index (χ1n) is 11.6. The molecular weight excluding hydrogens is 470 g/mol. The average Bonchev–Trinajstić information content (AvgIpc) is 3.72. The van der Waals surface area contributed by atoms with Gasteiger partial charge in [0.05, 0.1) is 36.8 Å². The van der Waals surface area contributed by atoms with E-state index in [4.69, 9.17) is 9.47 Å². The van der Waals surface area contributed by atoms with Crippen molar-refractivity contribution in [3.63, 3.8) is 0 Å². The van der Waals surface area contributed by atoms with Gasteiger partial charge in [0.1, 0.15) is 5.75 Å². The average molecular weight is 498 g/mol. The van der Waals surface area contributed by atoms with E-state index in [1.54, 1.807) is 7.11 Å². The zero-order valence-electron chi connectivity index (χ0n) is 19.3. The summed E-state index contributed by atoms with van der Waals surface area (Å²) in [6.45, 7) is 1.21. The maximum atomic E-state index is 13.4. The van der Waals surface area contributed by atoms with Crippen LogP contribution in [0.4, 0.5) is 0 Å². The Hall–Kier alpha value is -3.21. The molecule has 1 saturated carbocycles. The summed E-state index contributed by atoms with van der Waals surface area (Å²) in [4.78, 5) is 28.5. The molecule has 2 N–H and O–H groups in total. The number of nitrogens with one attached hydrogen (secondary N) is 2. The number of hydrogen-bond donors (Lipinski definition) is 2. The Kier molecular flexibility index (Phi) is 6.35. The molecule has 0 bridgehead atoms. The molecule has 10 heteroatoms. The van der Waals surface area contributed by atoms with Gasteiger partial charge in [-0.1, -0.05) is 12.1 Å². The summed E-state index contributed by atoms with van der Waals surface area (Å²) in [5, 5.41) is 3.46. The standard InChI is InChI=1S/C25H27N3O6S/c1-33-18-6-4-17(5-7-18)24(16-2-3-16)27-25(30)21-15-23(29)26-22-9-8-19(14-20(21)22)35(31,32)28-10-12-34-13-11-28/h4-9,14-16,24H,2-3,10-13H2,1H3,(H,26,29)(H,27,30). The van der Waals surface area contributed by atoms with Crippen LogP contribution in [0, 0.1) is 5.92 Å². The Bertz CT molecular complexity index is 1410. The topological polar surface area (TPSA) is 118 Å². The lowest BCUT2D eigenvalue weighted by atomic mass is 10.0. The summed E-state index contributed by atoms with van der Waals surface area (Å²) in [5.41, 5.74) is 1.06. The van der Waals surface area contributed by atoms with Crippen molar-refractivity contribution in [3.8, 4) is 5.75 Å². The van der Waals surface area contributed by atoms with Gasteiger partial charge in [-0.2, -0.15) is 4.31 Å². The number of pyridine rings is 1. The maximum Gasteiger partial charge on any atom is 0.252 e. The Morgan fingerprint density at radius 2 is 1.83 bits per heavy atom. The minimum atomic E-state index is -3.76. The monoisotopic (exact) mass is 497 g/mol. The van der Waals surface area contributed by atoms with Gasteiger partial charge in [-0.25, -0.2) is 8.42 Å². The van der Waals surface area contributed by atoms with Gasteiger partial charge in [-0.15, -0.1) is 0 Å². The first kappa shape index (κ1) is 23.5. The highest BCUT2D eigenvalue weighted by Crippen LogP contribution is 2.41. The molecule has 1 aliphatic heterocycles. The number of sulfonamides is 1. The lowest BCUT2D eigenvalue weighted by Gasteiger charge is -2.26. The zero-order valence-corrected chi connectivity index (χ0v) is 20.1. The summed E-state index contributed by atoms with van der Waals surface area (Å²) in [6.07, 6.45) is 1.99. The van der Waals surface area contributed by atoms with Gasteiger partial charge in [-0.3, -0.25) is 9.59 Å². The van der Waals surface area contributed by atoms with E-state index in [-0.39, 0.29) is 29.6 Å². The van der Waals surface area contributed by atoms with Gasteiger partial charge in [0, 0.05) is 30.1 Å². The Morgan fingerprint density at radius 3 is 2.49 bits per heavy atom. The first-order valence-corrected chi connectivity index (χ1v) is 13.0. The summed E-state index contributed by atoms with van der Waals surface area (Å²) < 4.78 is 38.2. The third-order valence-corrected chi connectivity index (χ3v) is 8.42. The van der Waals surface area contributed by atoms with E-state index >= 15 is 0 Å². The molecule has 9 nitrogen and oxygen atoms in total. The molecule has 2 aromatic carbocycles. The van der Waals surface area contributed by atoms with E-state index in [9.17, 15) is 18.0 Å². The number of carbonyl (C=O) groups excluding carboxylic acids is 1.